The average molecular weight is 388 g/mol. The van der Waals surface area contributed by atoms with E-state index in [1.54, 1.807) is 30.3 Å². The molecule has 8 heteroatoms. The van der Waals surface area contributed by atoms with Crippen LogP contribution < -0.4 is 14.8 Å². The van der Waals surface area contributed by atoms with Crippen LogP contribution >= 0.6 is 0 Å². The third kappa shape index (κ3) is 4.58. The van der Waals surface area contributed by atoms with Gasteiger partial charge in [0.15, 0.2) is 0 Å². The number of ether oxygens (including phenoxy) is 3. The molecule has 28 heavy (non-hydrogen) atoms. The van der Waals surface area contributed by atoms with Crippen LogP contribution in [0.15, 0.2) is 42.5 Å². The number of methoxy groups -OCH3 is 2. The lowest BCUT2D eigenvalue weighted by Crippen LogP contribution is -2.54. The van der Waals surface area contributed by atoms with Crippen LogP contribution in [-0.2, 0) is 20.9 Å². The van der Waals surface area contributed by atoms with Gasteiger partial charge in [0.1, 0.15) is 30.0 Å². The summed E-state index contributed by atoms with van der Waals surface area (Å²) < 4.78 is 28.8. The van der Waals surface area contributed by atoms with Gasteiger partial charge < -0.3 is 24.4 Å². The Balaban J connectivity index is 1.78. The van der Waals surface area contributed by atoms with Crippen LogP contribution in [0.1, 0.15) is 5.56 Å². The lowest BCUT2D eigenvalue weighted by molar-refractivity contribution is -0.154. The molecule has 2 aromatic rings. The van der Waals surface area contributed by atoms with Crippen molar-refractivity contribution in [2.75, 3.05) is 32.8 Å². The molecule has 1 fully saturated rings. The van der Waals surface area contributed by atoms with Crippen molar-refractivity contribution in [3.05, 3.63) is 53.8 Å². The van der Waals surface area contributed by atoms with Crippen molar-refractivity contribution < 1.29 is 28.2 Å². The van der Waals surface area contributed by atoms with E-state index in [0.717, 1.165) is 5.56 Å². The Hall–Kier alpha value is -3.13. The van der Waals surface area contributed by atoms with Crippen LogP contribution in [0.4, 0.5) is 10.1 Å². The smallest absolute Gasteiger partial charge is 0.249 e. The summed E-state index contributed by atoms with van der Waals surface area (Å²) in [4.78, 5) is 26.6. The van der Waals surface area contributed by atoms with Gasteiger partial charge in [0.25, 0.3) is 0 Å². The highest BCUT2D eigenvalue weighted by Gasteiger charge is 2.34. The molecule has 148 valence electrons. The van der Waals surface area contributed by atoms with E-state index >= 15 is 0 Å². The summed E-state index contributed by atoms with van der Waals surface area (Å²) in [7, 11) is 3.02. The third-order valence-corrected chi connectivity index (χ3v) is 4.39. The molecule has 7 nitrogen and oxygen atoms in total. The lowest BCUT2D eigenvalue weighted by Gasteiger charge is -2.34. The highest BCUT2D eigenvalue weighted by molar-refractivity contribution is 5.98. The zero-order chi connectivity index (χ0) is 20.1. The maximum Gasteiger partial charge on any atom is 0.249 e. The van der Waals surface area contributed by atoms with Gasteiger partial charge >= 0.3 is 0 Å². The van der Waals surface area contributed by atoms with E-state index < -0.39 is 11.9 Å². The van der Waals surface area contributed by atoms with Crippen LogP contribution in [0.25, 0.3) is 0 Å². The lowest BCUT2D eigenvalue weighted by atomic mass is 10.1. The van der Waals surface area contributed by atoms with Gasteiger partial charge in [-0.25, -0.2) is 4.39 Å². The fourth-order valence-electron chi connectivity index (χ4n) is 2.91. The Labute approximate surface area is 162 Å². The quantitative estimate of drug-likeness (QED) is 0.821. The standard InChI is InChI=1S/C20H21FN2O5/c1-26-16-7-15(8-17(9-16)27-2)22-20(25)18-11-28-12-19(24)23(18)10-13-3-5-14(21)6-4-13/h3-9,18H,10-12H2,1-2H3,(H,22,25)/t18-/m0/s1. The molecule has 2 aromatic carbocycles. The van der Waals surface area contributed by atoms with Crippen molar-refractivity contribution >= 4 is 17.5 Å². The number of hydrogen-bond donors (Lipinski definition) is 1. The molecular weight excluding hydrogens is 367 g/mol. The summed E-state index contributed by atoms with van der Waals surface area (Å²) in [5, 5.41) is 2.77. The number of carbonyl (C=O) groups excluding carboxylic acids is 2. The molecule has 1 heterocycles. The summed E-state index contributed by atoms with van der Waals surface area (Å²) >= 11 is 0. The van der Waals surface area contributed by atoms with Gasteiger partial charge in [0.05, 0.1) is 20.8 Å². The Bertz CT molecular complexity index is 834. The van der Waals surface area contributed by atoms with E-state index in [9.17, 15) is 14.0 Å². The minimum atomic E-state index is -0.816. The summed E-state index contributed by atoms with van der Waals surface area (Å²) in [6.45, 7) is 0.153. The number of amides is 2. The molecule has 1 aliphatic rings. The number of benzene rings is 2. The largest absolute Gasteiger partial charge is 0.497 e. The first kappa shape index (κ1) is 19.6. The van der Waals surface area contributed by atoms with Crippen molar-refractivity contribution in [1.82, 2.24) is 4.90 Å². The molecular formula is C20H21FN2O5. The van der Waals surface area contributed by atoms with Gasteiger partial charge in [-0.15, -0.1) is 0 Å². The average Bonchev–Trinajstić information content (AvgIpc) is 2.70. The molecule has 1 aliphatic heterocycles. The van der Waals surface area contributed by atoms with Gasteiger partial charge in [0, 0.05) is 30.4 Å². The van der Waals surface area contributed by atoms with Crippen LogP contribution in [-0.4, -0.2) is 50.2 Å². The van der Waals surface area contributed by atoms with Crippen molar-refractivity contribution in [1.29, 1.82) is 0 Å². The fourth-order valence-corrected chi connectivity index (χ4v) is 2.91. The number of nitrogens with one attached hydrogen (secondary N) is 1. The zero-order valence-electron chi connectivity index (χ0n) is 15.6. The topological polar surface area (TPSA) is 77.1 Å². The first-order chi connectivity index (χ1) is 13.5. The number of hydrogen-bond acceptors (Lipinski definition) is 5. The second kappa shape index (κ2) is 8.71. The Morgan fingerprint density at radius 3 is 2.43 bits per heavy atom. The van der Waals surface area contributed by atoms with Gasteiger partial charge in [0.2, 0.25) is 11.8 Å². The van der Waals surface area contributed by atoms with Gasteiger partial charge in [-0.2, -0.15) is 0 Å². The number of morpholine rings is 1. The van der Waals surface area contributed by atoms with Gasteiger partial charge in [-0.05, 0) is 17.7 Å². The van der Waals surface area contributed by atoms with E-state index in [4.69, 9.17) is 14.2 Å². The maximum atomic E-state index is 13.1. The van der Waals surface area contributed by atoms with E-state index in [0.29, 0.717) is 17.2 Å². The molecule has 2 amide bonds. The van der Waals surface area contributed by atoms with Crippen LogP contribution in [0.3, 0.4) is 0 Å². The van der Waals surface area contributed by atoms with Crippen molar-refractivity contribution in [2.24, 2.45) is 0 Å². The summed E-state index contributed by atoms with van der Waals surface area (Å²) in [6, 6.07) is 9.97. The fraction of sp³-hybridized carbons (Fsp3) is 0.300. The van der Waals surface area contributed by atoms with Crippen molar-refractivity contribution in [3.8, 4) is 11.5 Å². The van der Waals surface area contributed by atoms with Crippen molar-refractivity contribution in [3.63, 3.8) is 0 Å². The molecule has 0 aliphatic carbocycles. The first-order valence-corrected chi connectivity index (χ1v) is 8.65. The molecule has 3 rings (SSSR count). The number of rotatable bonds is 6. The predicted molar refractivity (Wildman–Crippen MR) is 99.7 cm³/mol. The molecule has 0 aromatic heterocycles. The van der Waals surface area contributed by atoms with E-state index in [1.807, 2.05) is 0 Å². The molecule has 0 unspecified atom stereocenters. The normalized spacial score (nSPS) is 16.6. The molecule has 0 spiro atoms. The second-order valence-corrected chi connectivity index (χ2v) is 6.27. The van der Waals surface area contributed by atoms with E-state index in [1.165, 1.54) is 31.3 Å². The maximum absolute atomic E-state index is 13.1. The minimum Gasteiger partial charge on any atom is -0.497 e. The molecule has 0 saturated carbocycles. The Morgan fingerprint density at radius 2 is 1.82 bits per heavy atom. The van der Waals surface area contributed by atoms with Crippen LogP contribution in [0.2, 0.25) is 0 Å². The van der Waals surface area contributed by atoms with E-state index in [2.05, 4.69) is 5.32 Å². The van der Waals surface area contributed by atoms with Crippen LogP contribution in [0.5, 0.6) is 11.5 Å². The van der Waals surface area contributed by atoms with Gasteiger partial charge in [-0.3, -0.25) is 9.59 Å². The van der Waals surface area contributed by atoms with Crippen molar-refractivity contribution in [2.45, 2.75) is 12.6 Å². The zero-order valence-corrected chi connectivity index (χ0v) is 15.6. The van der Waals surface area contributed by atoms with E-state index in [-0.39, 0.29) is 31.5 Å². The highest BCUT2D eigenvalue weighted by Crippen LogP contribution is 2.26. The summed E-state index contributed by atoms with van der Waals surface area (Å²) in [5.74, 6) is -0.0229. The minimum absolute atomic E-state index is 0.0693. The highest BCUT2D eigenvalue weighted by atomic mass is 19.1. The third-order valence-electron chi connectivity index (χ3n) is 4.39. The second-order valence-electron chi connectivity index (χ2n) is 6.27. The van der Waals surface area contributed by atoms with Gasteiger partial charge in [-0.1, -0.05) is 12.1 Å². The summed E-state index contributed by atoms with van der Waals surface area (Å²) in [6.07, 6.45) is 0. The predicted octanol–water partition coefficient (Wildman–Crippen LogP) is 2.21. The molecule has 1 atom stereocenters. The monoisotopic (exact) mass is 388 g/mol. The van der Waals surface area contributed by atoms with Crippen LogP contribution in [0, 0.1) is 5.82 Å². The Morgan fingerprint density at radius 1 is 1.18 bits per heavy atom. The number of anilines is 1. The summed E-state index contributed by atoms with van der Waals surface area (Å²) in [5.41, 5.74) is 1.19. The molecule has 1 N–H and O–H groups in total. The number of halogens is 1. The Kier molecular flexibility index (Phi) is 6.10. The molecule has 1 saturated heterocycles. The molecule has 0 radical (unpaired) electrons. The SMILES string of the molecule is COc1cc(NC(=O)[C@@H]2COCC(=O)N2Cc2ccc(F)cc2)cc(OC)c1. The first-order valence-electron chi connectivity index (χ1n) is 8.65. The number of nitrogens with zero attached hydrogens (tertiary/aromatic N) is 1. The number of carbonyl (C=O) groups is 2. The molecule has 0 bridgehead atoms.